The number of hydrogen-bond acceptors (Lipinski definition) is 7. The van der Waals surface area contributed by atoms with Gasteiger partial charge in [-0.3, -0.25) is 4.79 Å². The molecule has 0 bridgehead atoms. The van der Waals surface area contributed by atoms with E-state index in [1.165, 1.54) is 9.80 Å². The molecule has 0 aliphatic carbocycles. The van der Waals surface area contributed by atoms with Crippen LogP contribution >= 0.6 is 0 Å². The Bertz CT molecular complexity index is 939. The molecular weight excluding hydrogens is 438 g/mol. The third kappa shape index (κ3) is 7.42. The van der Waals surface area contributed by atoms with Gasteiger partial charge in [0.25, 0.3) is 0 Å². The monoisotopic (exact) mass is 465 g/mol. The smallest absolute Gasteiger partial charge is 0.409 e. The van der Waals surface area contributed by atoms with Crippen LogP contribution in [0.5, 0.6) is 0 Å². The van der Waals surface area contributed by atoms with Gasteiger partial charge in [0, 0.05) is 39.1 Å². The first-order valence-electron chi connectivity index (χ1n) is 10.2. The molecule has 1 saturated heterocycles. The van der Waals surface area contributed by atoms with Crippen molar-refractivity contribution in [2.24, 2.45) is 0 Å². The number of nitriles is 1. The number of rotatable bonds is 8. The molecule has 12 heteroatoms. The van der Waals surface area contributed by atoms with Crippen LogP contribution in [-0.2, 0) is 25.1 Å². The fraction of sp³-hybridized carbons (Fsp3) is 0.500. The zero-order chi connectivity index (χ0) is 23.6. The summed E-state index contributed by atoms with van der Waals surface area (Å²) in [5, 5.41) is 12.3. The summed E-state index contributed by atoms with van der Waals surface area (Å²) in [7, 11) is -3.93. The number of urea groups is 1. The van der Waals surface area contributed by atoms with Crippen molar-refractivity contribution in [3.8, 4) is 6.07 Å². The van der Waals surface area contributed by atoms with E-state index < -0.39 is 33.2 Å². The van der Waals surface area contributed by atoms with E-state index in [-0.39, 0.29) is 25.3 Å². The van der Waals surface area contributed by atoms with Crippen molar-refractivity contribution < 1.29 is 27.5 Å². The lowest BCUT2D eigenvalue weighted by atomic mass is 10.2. The lowest BCUT2D eigenvalue weighted by Gasteiger charge is -2.34. The highest BCUT2D eigenvalue weighted by Gasteiger charge is 2.28. The number of nitrogens with one attached hydrogen (secondary N) is 2. The third-order valence-corrected chi connectivity index (χ3v) is 6.38. The van der Waals surface area contributed by atoms with Crippen molar-refractivity contribution in [1.82, 2.24) is 20.4 Å². The number of benzene rings is 1. The molecule has 1 aromatic rings. The molecular formula is C20H27N5O6S. The minimum atomic E-state index is -3.93. The number of ether oxygens (including phenoxy) is 1. The average molecular weight is 466 g/mol. The number of amides is 4. The molecule has 0 aromatic heterocycles. The largest absolute Gasteiger partial charge is 0.450 e. The Balaban J connectivity index is 1.75. The number of carbonyl (C=O) groups is 3. The van der Waals surface area contributed by atoms with Crippen LogP contribution in [0.25, 0.3) is 0 Å². The van der Waals surface area contributed by atoms with Crippen LogP contribution in [0.3, 0.4) is 0 Å². The van der Waals surface area contributed by atoms with E-state index in [0.29, 0.717) is 31.7 Å². The number of hydrogen-bond donors (Lipinski definition) is 2. The summed E-state index contributed by atoms with van der Waals surface area (Å²) in [5.74, 6) is -1.04. The van der Waals surface area contributed by atoms with Crippen LogP contribution in [0, 0.1) is 11.3 Å². The summed E-state index contributed by atoms with van der Waals surface area (Å²) < 4.78 is 29.8. The van der Waals surface area contributed by atoms with Crippen LogP contribution < -0.4 is 10.6 Å². The lowest BCUT2D eigenvalue weighted by molar-refractivity contribution is -0.120. The SMILES string of the molecule is CCOC(=O)N1CCN(C(=O)NCCC(=O)N[C@@H](C#N)S(=O)(=O)Cc2ccccc2)CC1. The van der Waals surface area contributed by atoms with Gasteiger partial charge in [-0.2, -0.15) is 5.26 Å². The highest BCUT2D eigenvalue weighted by Crippen LogP contribution is 2.10. The standard InChI is InChI=1S/C20H27N5O6S/c1-2-31-20(28)25-12-10-24(11-13-25)19(27)22-9-8-17(26)23-18(14-21)32(29,30)15-16-6-4-3-5-7-16/h3-7,18H,2,8-13,15H2,1H3,(H,22,27)(H,23,26)/t18-/m1/s1. The van der Waals surface area contributed by atoms with E-state index in [4.69, 9.17) is 4.74 Å². The van der Waals surface area contributed by atoms with E-state index >= 15 is 0 Å². The number of sulfone groups is 1. The Hall–Kier alpha value is -3.33. The van der Waals surface area contributed by atoms with Crippen molar-refractivity contribution in [3.63, 3.8) is 0 Å². The molecule has 1 atom stereocenters. The Kier molecular flexibility index (Phi) is 9.27. The lowest BCUT2D eigenvalue weighted by Crippen LogP contribution is -2.53. The van der Waals surface area contributed by atoms with Gasteiger partial charge >= 0.3 is 12.1 Å². The molecule has 1 aliphatic rings. The molecule has 4 amide bonds. The minimum Gasteiger partial charge on any atom is -0.450 e. The second-order valence-corrected chi connectivity index (χ2v) is 9.11. The van der Waals surface area contributed by atoms with Gasteiger partial charge in [-0.05, 0) is 12.5 Å². The molecule has 0 saturated carbocycles. The molecule has 174 valence electrons. The molecule has 1 heterocycles. The minimum absolute atomic E-state index is 0.0281. The summed E-state index contributed by atoms with van der Waals surface area (Å²) in [6, 6.07) is 9.57. The topological polar surface area (TPSA) is 149 Å². The van der Waals surface area contributed by atoms with Crippen molar-refractivity contribution in [1.29, 1.82) is 5.26 Å². The number of carbonyl (C=O) groups excluding carboxylic acids is 3. The normalized spacial score (nSPS) is 14.8. The predicted octanol–water partition coefficient (Wildman–Crippen LogP) is 0.441. The fourth-order valence-electron chi connectivity index (χ4n) is 3.01. The van der Waals surface area contributed by atoms with Crippen LogP contribution in [0.15, 0.2) is 30.3 Å². The van der Waals surface area contributed by atoms with Gasteiger partial charge in [0.15, 0.2) is 9.84 Å². The maximum Gasteiger partial charge on any atom is 0.409 e. The van der Waals surface area contributed by atoms with Crippen LogP contribution in [0.1, 0.15) is 18.9 Å². The van der Waals surface area contributed by atoms with Gasteiger partial charge in [-0.15, -0.1) is 0 Å². The molecule has 1 aliphatic heterocycles. The van der Waals surface area contributed by atoms with Crippen LogP contribution in [0.4, 0.5) is 9.59 Å². The fourth-order valence-corrected chi connectivity index (χ4v) is 4.31. The maximum atomic E-state index is 12.4. The van der Waals surface area contributed by atoms with Crippen LogP contribution in [0.2, 0.25) is 0 Å². The summed E-state index contributed by atoms with van der Waals surface area (Å²) in [5.41, 5.74) is 0.511. The summed E-state index contributed by atoms with van der Waals surface area (Å²) in [6.07, 6.45) is -0.605. The Labute approximate surface area is 187 Å². The van der Waals surface area contributed by atoms with Gasteiger partial charge in [-0.1, -0.05) is 30.3 Å². The van der Waals surface area contributed by atoms with Crippen molar-refractivity contribution >= 4 is 27.9 Å². The van der Waals surface area contributed by atoms with E-state index in [0.717, 1.165) is 0 Å². The quantitative estimate of drug-likeness (QED) is 0.566. The first-order valence-corrected chi connectivity index (χ1v) is 11.9. The maximum absolute atomic E-state index is 12.4. The molecule has 1 aromatic carbocycles. The molecule has 11 nitrogen and oxygen atoms in total. The Morgan fingerprint density at radius 1 is 1.12 bits per heavy atom. The zero-order valence-electron chi connectivity index (χ0n) is 17.8. The highest BCUT2D eigenvalue weighted by atomic mass is 32.2. The molecule has 32 heavy (non-hydrogen) atoms. The molecule has 0 unspecified atom stereocenters. The second-order valence-electron chi connectivity index (χ2n) is 7.02. The highest BCUT2D eigenvalue weighted by molar-refractivity contribution is 7.91. The van der Waals surface area contributed by atoms with Gasteiger partial charge in [-0.25, -0.2) is 18.0 Å². The Morgan fingerprint density at radius 2 is 1.75 bits per heavy atom. The molecule has 1 fully saturated rings. The second kappa shape index (κ2) is 11.9. The van der Waals surface area contributed by atoms with E-state index in [1.807, 2.05) is 0 Å². The molecule has 2 N–H and O–H groups in total. The van der Waals surface area contributed by atoms with Gasteiger partial charge < -0.3 is 25.2 Å². The average Bonchev–Trinajstić information content (AvgIpc) is 2.78. The van der Waals surface area contributed by atoms with Crippen molar-refractivity contribution in [2.45, 2.75) is 24.5 Å². The predicted molar refractivity (Wildman–Crippen MR) is 115 cm³/mol. The van der Waals surface area contributed by atoms with Crippen LogP contribution in [-0.4, -0.2) is 81.0 Å². The van der Waals surface area contributed by atoms with Crippen molar-refractivity contribution in [2.75, 3.05) is 39.3 Å². The molecule has 0 spiro atoms. The van der Waals surface area contributed by atoms with E-state index in [2.05, 4.69) is 10.6 Å². The third-order valence-electron chi connectivity index (χ3n) is 4.70. The van der Waals surface area contributed by atoms with E-state index in [9.17, 15) is 28.1 Å². The zero-order valence-corrected chi connectivity index (χ0v) is 18.6. The summed E-state index contributed by atoms with van der Waals surface area (Å²) in [6.45, 7) is 3.30. The van der Waals surface area contributed by atoms with E-state index in [1.54, 1.807) is 43.3 Å². The van der Waals surface area contributed by atoms with Gasteiger partial charge in [0.1, 0.15) is 6.07 Å². The van der Waals surface area contributed by atoms with Gasteiger partial charge in [0.05, 0.1) is 12.4 Å². The Morgan fingerprint density at radius 3 is 2.34 bits per heavy atom. The number of piperazine rings is 1. The van der Waals surface area contributed by atoms with Crippen molar-refractivity contribution in [3.05, 3.63) is 35.9 Å². The summed E-state index contributed by atoms with van der Waals surface area (Å²) in [4.78, 5) is 39.0. The van der Waals surface area contributed by atoms with Gasteiger partial charge in [0.2, 0.25) is 11.3 Å². The first-order chi connectivity index (χ1) is 15.3. The number of nitrogens with zero attached hydrogens (tertiary/aromatic N) is 3. The summed E-state index contributed by atoms with van der Waals surface area (Å²) >= 11 is 0. The molecule has 0 radical (unpaired) electrons. The first kappa shape index (κ1) is 24.9. The molecule has 2 rings (SSSR count).